The first-order chi connectivity index (χ1) is 11.9. The second kappa shape index (κ2) is 5.79. The number of carbonyl (C=O) groups excluding carboxylic acids is 1. The quantitative estimate of drug-likeness (QED) is 0.707. The normalized spacial score (nSPS) is 14.5. The molecule has 4 rings (SSSR count). The largest absolute Gasteiger partial charge is 0.369 e. The van der Waals surface area contributed by atoms with E-state index in [1.807, 2.05) is 36.4 Å². The first kappa shape index (κ1) is 16.0. The van der Waals surface area contributed by atoms with Crippen molar-refractivity contribution in [2.24, 2.45) is 0 Å². The molecule has 0 amide bonds. The van der Waals surface area contributed by atoms with E-state index in [9.17, 15) is 13.2 Å². The minimum Gasteiger partial charge on any atom is -0.369 e. The molecular formula is C20H16O4S. The van der Waals surface area contributed by atoms with Crippen molar-refractivity contribution in [3.8, 4) is 11.1 Å². The Morgan fingerprint density at radius 3 is 2.44 bits per heavy atom. The Bertz CT molecular complexity index is 1100. The van der Waals surface area contributed by atoms with Crippen LogP contribution in [0.15, 0.2) is 59.5 Å². The second-order valence-corrected chi connectivity index (χ2v) is 8.23. The molecule has 1 heterocycles. The Balaban J connectivity index is 2.14. The summed E-state index contributed by atoms with van der Waals surface area (Å²) in [6.07, 6.45) is 1.20. The minimum atomic E-state index is -3.32. The summed E-state index contributed by atoms with van der Waals surface area (Å²) in [7, 11) is -3.32. The Kier molecular flexibility index (Phi) is 3.71. The van der Waals surface area contributed by atoms with Crippen molar-refractivity contribution in [1.82, 2.24) is 0 Å². The maximum Gasteiger partial charge on any atom is 0.188 e. The van der Waals surface area contributed by atoms with Gasteiger partial charge in [-0.1, -0.05) is 36.4 Å². The van der Waals surface area contributed by atoms with Crippen LogP contribution < -0.4 is 0 Å². The molecule has 4 nitrogen and oxygen atoms in total. The summed E-state index contributed by atoms with van der Waals surface area (Å²) in [5, 5.41) is 1.66. The highest BCUT2D eigenvalue weighted by atomic mass is 32.2. The van der Waals surface area contributed by atoms with E-state index < -0.39 is 9.84 Å². The molecule has 126 valence electrons. The van der Waals surface area contributed by atoms with Gasteiger partial charge in [0.2, 0.25) is 0 Å². The zero-order valence-corrected chi connectivity index (χ0v) is 14.5. The summed E-state index contributed by atoms with van der Waals surface area (Å²) in [5.41, 5.74) is 3.28. The summed E-state index contributed by atoms with van der Waals surface area (Å²) < 4.78 is 29.4. The van der Waals surface area contributed by atoms with Gasteiger partial charge in [-0.25, -0.2) is 8.42 Å². The number of benzene rings is 3. The van der Waals surface area contributed by atoms with Crippen molar-refractivity contribution in [2.75, 3.05) is 12.9 Å². The molecular weight excluding hydrogens is 336 g/mol. The summed E-state index contributed by atoms with van der Waals surface area (Å²) in [5.74, 6) is -0.0486. The fraction of sp³-hybridized carbons (Fsp3) is 0.150. The van der Waals surface area contributed by atoms with Crippen molar-refractivity contribution < 1.29 is 17.9 Å². The van der Waals surface area contributed by atoms with Crippen molar-refractivity contribution in [3.05, 3.63) is 65.7 Å². The van der Waals surface area contributed by atoms with Crippen molar-refractivity contribution in [2.45, 2.75) is 11.5 Å². The maximum atomic E-state index is 12.3. The number of hydrogen-bond donors (Lipinski definition) is 0. The van der Waals surface area contributed by atoms with Gasteiger partial charge < -0.3 is 4.74 Å². The van der Waals surface area contributed by atoms with Crippen LogP contribution in [-0.2, 0) is 21.2 Å². The van der Waals surface area contributed by atoms with Gasteiger partial charge in [0.15, 0.2) is 15.6 Å². The number of hydrogen-bond acceptors (Lipinski definition) is 4. The van der Waals surface area contributed by atoms with Crippen LogP contribution >= 0.6 is 0 Å². The third-order valence-corrected chi connectivity index (χ3v) is 5.60. The molecule has 0 aliphatic carbocycles. The first-order valence-electron chi connectivity index (χ1n) is 7.91. The van der Waals surface area contributed by atoms with Crippen molar-refractivity contribution in [1.29, 1.82) is 0 Å². The van der Waals surface area contributed by atoms with Gasteiger partial charge in [-0.15, -0.1) is 0 Å². The second-order valence-electron chi connectivity index (χ2n) is 6.21. The molecule has 0 unspecified atom stereocenters. The fourth-order valence-electron chi connectivity index (χ4n) is 3.31. The lowest BCUT2D eigenvalue weighted by Crippen LogP contribution is -2.19. The SMILES string of the molecule is CS(=O)(=O)c1ccc2cc3c(c(-c4ccccc4)c2c1)COCC3=O. The molecule has 0 atom stereocenters. The molecule has 0 fully saturated rings. The van der Waals surface area contributed by atoms with E-state index in [-0.39, 0.29) is 17.3 Å². The standard InChI is InChI=1S/C20H16O4S/c1-25(22,23)15-8-7-14-9-17-18(11-24-12-19(17)21)20(16(14)10-15)13-5-3-2-4-6-13/h2-10H,11-12H2,1H3. The number of Topliss-reactive ketones (excluding diaryl/α,β-unsaturated/α-hetero) is 1. The number of sulfone groups is 1. The van der Waals surface area contributed by atoms with Gasteiger partial charge >= 0.3 is 0 Å². The monoisotopic (exact) mass is 352 g/mol. The van der Waals surface area contributed by atoms with E-state index in [0.29, 0.717) is 12.2 Å². The van der Waals surface area contributed by atoms with E-state index in [0.717, 1.165) is 27.5 Å². The van der Waals surface area contributed by atoms with Gasteiger partial charge in [-0.3, -0.25) is 4.79 Å². The molecule has 0 saturated heterocycles. The Morgan fingerprint density at radius 1 is 0.960 bits per heavy atom. The molecule has 3 aromatic carbocycles. The van der Waals surface area contributed by atoms with Crippen molar-refractivity contribution >= 4 is 26.4 Å². The van der Waals surface area contributed by atoms with Crippen LogP contribution in [0.3, 0.4) is 0 Å². The molecule has 5 heteroatoms. The van der Waals surface area contributed by atoms with Gasteiger partial charge in [0.1, 0.15) is 6.61 Å². The molecule has 0 spiro atoms. The molecule has 1 aliphatic rings. The van der Waals surface area contributed by atoms with Crippen LogP contribution in [-0.4, -0.2) is 27.1 Å². The first-order valence-corrected chi connectivity index (χ1v) is 9.80. The van der Waals surface area contributed by atoms with E-state index in [1.54, 1.807) is 18.2 Å². The zero-order valence-electron chi connectivity index (χ0n) is 13.7. The summed E-state index contributed by atoms with van der Waals surface area (Å²) in [6.45, 7) is 0.415. The zero-order chi connectivity index (χ0) is 17.6. The van der Waals surface area contributed by atoms with Crippen LogP contribution in [0.2, 0.25) is 0 Å². The van der Waals surface area contributed by atoms with Crippen molar-refractivity contribution in [3.63, 3.8) is 0 Å². The number of fused-ring (bicyclic) bond motifs is 2. The molecule has 0 bridgehead atoms. The van der Waals surface area contributed by atoms with Gasteiger partial charge in [0, 0.05) is 11.8 Å². The molecule has 0 aromatic heterocycles. The number of ether oxygens (including phenoxy) is 1. The van der Waals surface area contributed by atoms with Crippen LogP contribution in [0.5, 0.6) is 0 Å². The highest BCUT2D eigenvalue weighted by Gasteiger charge is 2.24. The Hall–Kier alpha value is -2.50. The van der Waals surface area contributed by atoms with Crippen LogP contribution in [0, 0.1) is 0 Å². The summed E-state index contributed by atoms with van der Waals surface area (Å²) in [4.78, 5) is 12.6. The molecule has 0 saturated carbocycles. The highest BCUT2D eigenvalue weighted by molar-refractivity contribution is 7.90. The molecule has 25 heavy (non-hydrogen) atoms. The summed E-state index contributed by atoms with van der Waals surface area (Å²) >= 11 is 0. The van der Waals surface area contributed by atoms with Crippen LogP contribution in [0.1, 0.15) is 15.9 Å². The maximum absolute atomic E-state index is 12.3. The predicted octanol–water partition coefficient (Wildman–Crippen LogP) is 3.62. The van der Waals surface area contributed by atoms with Gasteiger partial charge in [0.05, 0.1) is 11.5 Å². The third kappa shape index (κ3) is 2.75. The lowest BCUT2D eigenvalue weighted by Gasteiger charge is -2.22. The third-order valence-electron chi connectivity index (χ3n) is 4.49. The lowest BCUT2D eigenvalue weighted by atomic mass is 9.88. The Labute approximate surface area is 146 Å². The smallest absolute Gasteiger partial charge is 0.188 e. The molecule has 3 aromatic rings. The number of rotatable bonds is 2. The minimum absolute atomic E-state index is 0.0486. The van der Waals surface area contributed by atoms with E-state index in [1.165, 1.54) is 6.26 Å². The van der Waals surface area contributed by atoms with E-state index >= 15 is 0 Å². The predicted molar refractivity (Wildman–Crippen MR) is 96.5 cm³/mol. The highest BCUT2D eigenvalue weighted by Crippen LogP contribution is 2.37. The number of carbonyl (C=O) groups is 1. The fourth-order valence-corrected chi connectivity index (χ4v) is 3.95. The number of ketones is 1. The average Bonchev–Trinajstić information content (AvgIpc) is 2.60. The summed E-state index contributed by atoms with van der Waals surface area (Å²) in [6, 6.07) is 16.6. The van der Waals surface area contributed by atoms with E-state index in [2.05, 4.69) is 0 Å². The topological polar surface area (TPSA) is 60.4 Å². The lowest BCUT2D eigenvalue weighted by molar-refractivity contribution is 0.0667. The van der Waals surface area contributed by atoms with Gasteiger partial charge in [-0.05, 0) is 45.7 Å². The molecule has 0 radical (unpaired) electrons. The Morgan fingerprint density at radius 2 is 1.72 bits per heavy atom. The average molecular weight is 352 g/mol. The molecule has 1 aliphatic heterocycles. The van der Waals surface area contributed by atoms with Gasteiger partial charge in [-0.2, -0.15) is 0 Å². The van der Waals surface area contributed by atoms with E-state index in [4.69, 9.17) is 4.74 Å². The molecule has 0 N–H and O–H groups in total. The van der Waals surface area contributed by atoms with Crippen LogP contribution in [0.4, 0.5) is 0 Å². The van der Waals surface area contributed by atoms with Gasteiger partial charge in [0.25, 0.3) is 0 Å². The van der Waals surface area contributed by atoms with Crippen LogP contribution in [0.25, 0.3) is 21.9 Å².